The van der Waals surface area contributed by atoms with Gasteiger partial charge in [0.15, 0.2) is 5.60 Å². The summed E-state index contributed by atoms with van der Waals surface area (Å²) in [5.74, 6) is 1.23. The van der Waals surface area contributed by atoms with Gasteiger partial charge in [-0.25, -0.2) is 4.79 Å². The summed E-state index contributed by atoms with van der Waals surface area (Å²) >= 11 is 1.55. The highest BCUT2D eigenvalue weighted by Gasteiger charge is 2.30. The molecule has 3 aromatic rings. The lowest BCUT2D eigenvalue weighted by Crippen LogP contribution is -2.37. The van der Waals surface area contributed by atoms with Crippen LogP contribution in [0, 0.1) is 6.92 Å². The van der Waals surface area contributed by atoms with Crippen LogP contribution in [0.3, 0.4) is 0 Å². The molecule has 0 unspecified atom stereocenters. The van der Waals surface area contributed by atoms with Gasteiger partial charge >= 0.3 is 12.1 Å². The molecule has 0 amide bonds. The SMILES string of the molecule is Cc1oc(-c2ccc(C(F)(F)F)cc2)cc1CSc1ccc(OC(C)(C)C(=O)O)cc1. The lowest BCUT2D eigenvalue weighted by molar-refractivity contribution is -0.152. The minimum absolute atomic E-state index is 0.459. The van der Waals surface area contributed by atoms with E-state index in [-0.39, 0.29) is 0 Å². The van der Waals surface area contributed by atoms with Crippen LogP contribution in [0.5, 0.6) is 5.75 Å². The Morgan fingerprint density at radius 3 is 2.23 bits per heavy atom. The standard InChI is InChI=1S/C23H21F3O4S/c1-14-16(12-20(29-14)15-4-6-17(7-5-15)23(24,25)26)13-31-19-10-8-18(9-11-19)30-22(2,3)21(27)28/h4-12H,13H2,1-3H3,(H,27,28). The molecule has 164 valence electrons. The largest absolute Gasteiger partial charge is 0.478 e. The number of halogens is 3. The zero-order valence-electron chi connectivity index (χ0n) is 17.1. The summed E-state index contributed by atoms with van der Waals surface area (Å²) in [5, 5.41) is 9.14. The monoisotopic (exact) mass is 450 g/mol. The first-order valence-electron chi connectivity index (χ1n) is 9.38. The second-order valence-electron chi connectivity index (χ2n) is 7.44. The normalized spacial score (nSPS) is 12.1. The van der Waals surface area contributed by atoms with Crippen molar-refractivity contribution in [1.29, 1.82) is 0 Å². The fraction of sp³-hybridized carbons (Fsp3) is 0.261. The third-order valence-electron chi connectivity index (χ3n) is 4.62. The van der Waals surface area contributed by atoms with Gasteiger partial charge in [0.25, 0.3) is 0 Å². The molecule has 3 rings (SSSR count). The fourth-order valence-corrected chi connectivity index (χ4v) is 3.67. The molecule has 0 bridgehead atoms. The van der Waals surface area contributed by atoms with Crippen LogP contribution in [0.1, 0.15) is 30.7 Å². The van der Waals surface area contributed by atoms with E-state index in [1.54, 1.807) is 23.9 Å². The number of aryl methyl sites for hydroxylation is 1. The van der Waals surface area contributed by atoms with Gasteiger partial charge in [-0.15, -0.1) is 11.8 Å². The van der Waals surface area contributed by atoms with Gasteiger partial charge in [-0.2, -0.15) is 13.2 Å². The molecule has 0 spiro atoms. The second kappa shape index (κ2) is 8.70. The summed E-state index contributed by atoms with van der Waals surface area (Å²) in [6.45, 7) is 4.77. The zero-order chi connectivity index (χ0) is 22.8. The Morgan fingerprint density at radius 2 is 1.68 bits per heavy atom. The molecule has 0 aliphatic rings. The topological polar surface area (TPSA) is 59.7 Å². The van der Waals surface area contributed by atoms with Crippen LogP contribution in [0.15, 0.2) is 63.9 Å². The molecule has 0 saturated carbocycles. The number of benzene rings is 2. The van der Waals surface area contributed by atoms with Crippen LogP contribution in [0.25, 0.3) is 11.3 Å². The molecule has 31 heavy (non-hydrogen) atoms. The smallest absolute Gasteiger partial charge is 0.416 e. The maximum atomic E-state index is 12.7. The fourth-order valence-electron chi connectivity index (χ4n) is 2.73. The summed E-state index contributed by atoms with van der Waals surface area (Å²) in [7, 11) is 0. The average Bonchev–Trinajstić information content (AvgIpc) is 3.07. The van der Waals surface area contributed by atoms with Crippen LogP contribution >= 0.6 is 11.8 Å². The van der Waals surface area contributed by atoms with E-state index in [2.05, 4.69) is 0 Å². The third-order valence-corrected chi connectivity index (χ3v) is 5.68. The number of carboxylic acids is 1. The third kappa shape index (κ3) is 5.64. The molecule has 0 aliphatic heterocycles. The summed E-state index contributed by atoms with van der Waals surface area (Å²) in [4.78, 5) is 12.1. The Morgan fingerprint density at radius 1 is 1.06 bits per heavy atom. The number of aliphatic carboxylic acids is 1. The molecule has 0 atom stereocenters. The minimum Gasteiger partial charge on any atom is -0.478 e. The molecule has 0 radical (unpaired) electrons. The Bertz CT molecular complexity index is 1050. The van der Waals surface area contributed by atoms with Crippen molar-refractivity contribution >= 4 is 17.7 Å². The average molecular weight is 450 g/mol. The van der Waals surface area contributed by atoms with Gasteiger partial charge in [0, 0.05) is 21.8 Å². The second-order valence-corrected chi connectivity index (χ2v) is 8.49. The minimum atomic E-state index is -4.37. The van der Waals surface area contributed by atoms with Crippen LogP contribution in [0.4, 0.5) is 13.2 Å². The van der Waals surface area contributed by atoms with Gasteiger partial charge in [0.1, 0.15) is 17.3 Å². The van der Waals surface area contributed by atoms with Gasteiger partial charge in [0.2, 0.25) is 0 Å². The number of carbonyl (C=O) groups is 1. The van der Waals surface area contributed by atoms with Gasteiger partial charge in [-0.05, 0) is 63.2 Å². The summed E-state index contributed by atoms with van der Waals surface area (Å²) in [6.07, 6.45) is -4.37. The van der Waals surface area contributed by atoms with Crippen molar-refractivity contribution in [2.24, 2.45) is 0 Å². The highest BCUT2D eigenvalue weighted by molar-refractivity contribution is 7.98. The van der Waals surface area contributed by atoms with Crippen molar-refractivity contribution in [3.8, 4) is 17.1 Å². The number of ether oxygens (including phenoxy) is 1. The molecule has 1 N–H and O–H groups in total. The molecule has 1 heterocycles. The lowest BCUT2D eigenvalue weighted by atomic mass is 10.1. The Balaban J connectivity index is 1.65. The molecule has 0 saturated heterocycles. The van der Waals surface area contributed by atoms with Crippen molar-refractivity contribution in [2.75, 3.05) is 0 Å². The van der Waals surface area contributed by atoms with Crippen LogP contribution < -0.4 is 4.74 Å². The van der Waals surface area contributed by atoms with Crippen LogP contribution in [-0.2, 0) is 16.7 Å². The van der Waals surface area contributed by atoms with E-state index in [0.29, 0.717) is 28.6 Å². The number of carboxylic acid groups (broad SMARTS) is 1. The predicted octanol–water partition coefficient (Wildman–Crippen LogP) is 6.81. The Labute approximate surface area is 182 Å². The van der Waals surface area contributed by atoms with E-state index >= 15 is 0 Å². The number of rotatable bonds is 7. The molecule has 8 heteroatoms. The van der Waals surface area contributed by atoms with Crippen molar-refractivity contribution in [3.05, 3.63) is 71.5 Å². The summed E-state index contributed by atoms with van der Waals surface area (Å²) < 4.78 is 49.4. The molecule has 0 aliphatic carbocycles. The highest BCUT2D eigenvalue weighted by atomic mass is 32.2. The van der Waals surface area contributed by atoms with Gasteiger partial charge in [-0.3, -0.25) is 0 Å². The van der Waals surface area contributed by atoms with Crippen molar-refractivity contribution in [3.63, 3.8) is 0 Å². The highest BCUT2D eigenvalue weighted by Crippen LogP contribution is 2.34. The van der Waals surface area contributed by atoms with Crippen molar-refractivity contribution in [2.45, 2.75) is 43.2 Å². The van der Waals surface area contributed by atoms with E-state index in [0.717, 1.165) is 22.6 Å². The first-order chi connectivity index (χ1) is 14.5. The Kier molecular flexibility index (Phi) is 6.40. The Hall–Kier alpha value is -2.87. The molecular formula is C23H21F3O4S. The molecule has 2 aromatic carbocycles. The number of furan rings is 1. The molecule has 1 aromatic heterocycles. The van der Waals surface area contributed by atoms with Crippen molar-refractivity contribution in [1.82, 2.24) is 0 Å². The predicted molar refractivity (Wildman–Crippen MR) is 112 cm³/mol. The first-order valence-corrected chi connectivity index (χ1v) is 10.4. The zero-order valence-corrected chi connectivity index (χ0v) is 17.9. The van der Waals surface area contributed by atoms with Crippen LogP contribution in [0.2, 0.25) is 0 Å². The molecule has 0 fully saturated rings. The molecular weight excluding hydrogens is 429 g/mol. The van der Waals surface area contributed by atoms with E-state index in [4.69, 9.17) is 14.3 Å². The maximum Gasteiger partial charge on any atom is 0.416 e. The lowest BCUT2D eigenvalue weighted by Gasteiger charge is -2.21. The number of thioether (sulfide) groups is 1. The first kappa shape index (κ1) is 22.8. The molecule has 4 nitrogen and oxygen atoms in total. The van der Waals surface area contributed by atoms with Gasteiger partial charge in [0.05, 0.1) is 5.56 Å². The number of hydrogen-bond acceptors (Lipinski definition) is 4. The van der Waals surface area contributed by atoms with E-state index in [1.165, 1.54) is 26.0 Å². The summed E-state index contributed by atoms with van der Waals surface area (Å²) in [6, 6.07) is 13.8. The van der Waals surface area contributed by atoms with E-state index < -0.39 is 23.3 Å². The maximum absolute atomic E-state index is 12.7. The van der Waals surface area contributed by atoms with Gasteiger partial charge in [-0.1, -0.05) is 12.1 Å². The number of alkyl halides is 3. The van der Waals surface area contributed by atoms with E-state index in [1.807, 2.05) is 25.1 Å². The van der Waals surface area contributed by atoms with Gasteiger partial charge < -0.3 is 14.3 Å². The quantitative estimate of drug-likeness (QED) is 0.401. The van der Waals surface area contributed by atoms with E-state index in [9.17, 15) is 18.0 Å². The number of hydrogen-bond donors (Lipinski definition) is 1. The summed E-state index contributed by atoms with van der Waals surface area (Å²) in [5.41, 5.74) is -0.506. The van der Waals surface area contributed by atoms with Crippen LogP contribution in [-0.4, -0.2) is 16.7 Å². The van der Waals surface area contributed by atoms with Crippen molar-refractivity contribution < 1.29 is 32.2 Å².